The third kappa shape index (κ3) is 3.16. The van der Waals surface area contributed by atoms with Crippen molar-refractivity contribution >= 4 is 11.6 Å². The summed E-state index contributed by atoms with van der Waals surface area (Å²) in [5, 5.41) is 17.4. The van der Waals surface area contributed by atoms with E-state index in [1.807, 2.05) is 61.5 Å². The monoisotopic (exact) mass is 350 g/mol. The number of benzene rings is 2. The molecule has 2 heterocycles. The van der Waals surface area contributed by atoms with E-state index in [0.29, 0.717) is 23.1 Å². The summed E-state index contributed by atoms with van der Waals surface area (Å²) in [7, 11) is 0. The summed E-state index contributed by atoms with van der Waals surface area (Å²) in [5.74, 6) is 0.458. The van der Waals surface area contributed by atoms with Crippen LogP contribution in [0.5, 0.6) is 0 Å². The van der Waals surface area contributed by atoms with E-state index in [2.05, 4.69) is 20.5 Å². The second kappa shape index (κ2) is 6.49. The molecule has 25 heavy (non-hydrogen) atoms. The first kappa shape index (κ1) is 15.5. The fourth-order valence-corrected chi connectivity index (χ4v) is 2.79. The molecule has 0 radical (unpaired) electrons. The van der Waals surface area contributed by atoms with Gasteiger partial charge in [0.15, 0.2) is 0 Å². The third-order valence-electron chi connectivity index (χ3n) is 3.85. The Balaban J connectivity index is 1.62. The van der Waals surface area contributed by atoms with Crippen LogP contribution in [0.1, 0.15) is 11.1 Å². The molecule has 0 aliphatic rings. The van der Waals surface area contributed by atoms with Crippen molar-refractivity contribution in [3.8, 4) is 17.1 Å². The van der Waals surface area contributed by atoms with Crippen molar-refractivity contribution in [3.63, 3.8) is 0 Å². The Kier molecular flexibility index (Phi) is 4.03. The molecule has 0 aliphatic heterocycles. The van der Waals surface area contributed by atoms with Crippen LogP contribution in [0.2, 0.25) is 5.15 Å². The van der Waals surface area contributed by atoms with E-state index in [1.165, 1.54) is 5.56 Å². The maximum Gasteiger partial charge on any atom is 0.209 e. The lowest BCUT2D eigenvalue weighted by Crippen LogP contribution is -2.03. The largest absolute Gasteiger partial charge is 0.221 e. The lowest BCUT2D eigenvalue weighted by atomic mass is 10.2. The molecule has 4 rings (SSSR count). The number of rotatable bonds is 4. The molecule has 0 bridgehead atoms. The van der Waals surface area contributed by atoms with Gasteiger partial charge in [0, 0.05) is 0 Å². The smallest absolute Gasteiger partial charge is 0.209 e. The lowest BCUT2D eigenvalue weighted by Gasteiger charge is -2.03. The van der Waals surface area contributed by atoms with Crippen LogP contribution in [0, 0.1) is 6.92 Å². The number of aromatic nitrogens is 6. The summed E-state index contributed by atoms with van der Waals surface area (Å²) in [6.45, 7) is 2.59. The predicted molar refractivity (Wildman–Crippen MR) is 95.7 cm³/mol. The van der Waals surface area contributed by atoms with Gasteiger partial charge in [-0.15, -0.1) is 10.2 Å². The van der Waals surface area contributed by atoms with Crippen LogP contribution < -0.4 is 0 Å². The van der Waals surface area contributed by atoms with E-state index in [4.69, 9.17) is 11.6 Å². The molecule has 0 amide bonds. The van der Waals surface area contributed by atoms with Crippen molar-refractivity contribution in [1.29, 1.82) is 0 Å². The van der Waals surface area contributed by atoms with Gasteiger partial charge in [0.1, 0.15) is 5.15 Å². The Morgan fingerprint density at radius 1 is 1.00 bits per heavy atom. The molecular formula is C18H15ClN6. The fourth-order valence-electron chi connectivity index (χ4n) is 2.51. The Hall–Kier alpha value is -2.99. The molecule has 0 N–H and O–H groups in total. The van der Waals surface area contributed by atoms with Crippen LogP contribution in [0.4, 0.5) is 0 Å². The minimum atomic E-state index is 0.458. The van der Waals surface area contributed by atoms with Crippen LogP contribution in [-0.4, -0.2) is 30.0 Å². The Morgan fingerprint density at radius 2 is 1.76 bits per heavy atom. The van der Waals surface area contributed by atoms with Crippen molar-refractivity contribution in [2.75, 3.05) is 0 Å². The Labute approximate surface area is 149 Å². The van der Waals surface area contributed by atoms with Crippen LogP contribution in [-0.2, 0) is 6.54 Å². The van der Waals surface area contributed by atoms with Gasteiger partial charge in [-0.25, -0.2) is 4.68 Å². The highest BCUT2D eigenvalue weighted by atomic mass is 35.5. The average molecular weight is 351 g/mol. The molecule has 0 fully saturated rings. The topological polar surface area (TPSA) is 61.4 Å². The second-order valence-electron chi connectivity index (χ2n) is 5.73. The molecule has 6 nitrogen and oxygen atoms in total. The molecule has 0 saturated carbocycles. The molecule has 0 atom stereocenters. The van der Waals surface area contributed by atoms with Gasteiger partial charge < -0.3 is 0 Å². The van der Waals surface area contributed by atoms with E-state index < -0.39 is 0 Å². The minimum absolute atomic E-state index is 0.458. The first-order valence-corrected chi connectivity index (χ1v) is 8.21. The van der Waals surface area contributed by atoms with E-state index >= 15 is 0 Å². The third-order valence-corrected chi connectivity index (χ3v) is 4.21. The quantitative estimate of drug-likeness (QED) is 0.565. The van der Waals surface area contributed by atoms with Crippen LogP contribution in [0.15, 0.2) is 60.8 Å². The van der Waals surface area contributed by atoms with Crippen LogP contribution in [0.3, 0.4) is 0 Å². The summed E-state index contributed by atoms with van der Waals surface area (Å²) >= 11 is 6.49. The Morgan fingerprint density at radius 3 is 2.52 bits per heavy atom. The predicted octanol–water partition coefficient (Wildman–Crippen LogP) is 3.54. The standard InChI is InChI=1S/C18H15ClN6/c1-13-7-9-15(10-8-13)25-17(19)16(11-20-25)18-21-23-24(22-18)12-14-5-3-2-4-6-14/h2-11H,12H2,1H3. The Bertz CT molecular complexity index is 988. The maximum atomic E-state index is 6.49. The SMILES string of the molecule is Cc1ccc(-n2ncc(-c3nnn(Cc4ccccc4)n3)c2Cl)cc1. The second-order valence-corrected chi connectivity index (χ2v) is 6.08. The zero-order valence-electron chi connectivity index (χ0n) is 13.5. The van der Waals surface area contributed by atoms with E-state index in [1.54, 1.807) is 15.7 Å². The highest BCUT2D eigenvalue weighted by Gasteiger charge is 2.16. The van der Waals surface area contributed by atoms with Crippen molar-refractivity contribution < 1.29 is 0 Å². The number of aryl methyl sites for hydroxylation is 1. The minimum Gasteiger partial charge on any atom is -0.221 e. The van der Waals surface area contributed by atoms with E-state index in [0.717, 1.165) is 11.3 Å². The molecule has 7 heteroatoms. The van der Waals surface area contributed by atoms with Gasteiger partial charge in [-0.2, -0.15) is 9.90 Å². The highest BCUT2D eigenvalue weighted by Crippen LogP contribution is 2.27. The number of hydrogen-bond donors (Lipinski definition) is 0. The van der Waals surface area contributed by atoms with Crippen molar-refractivity contribution in [3.05, 3.63) is 77.1 Å². The molecule has 2 aromatic heterocycles. The van der Waals surface area contributed by atoms with Crippen LogP contribution in [0.25, 0.3) is 17.1 Å². The average Bonchev–Trinajstić information content (AvgIpc) is 3.23. The van der Waals surface area contributed by atoms with E-state index in [-0.39, 0.29) is 0 Å². The molecular weight excluding hydrogens is 336 g/mol. The molecule has 124 valence electrons. The molecule has 0 saturated heterocycles. The van der Waals surface area contributed by atoms with Gasteiger partial charge in [-0.1, -0.05) is 59.6 Å². The summed E-state index contributed by atoms with van der Waals surface area (Å²) in [5.41, 5.74) is 3.82. The normalized spacial score (nSPS) is 11.0. The lowest BCUT2D eigenvalue weighted by molar-refractivity contribution is 0.573. The molecule has 0 aliphatic carbocycles. The van der Waals surface area contributed by atoms with Crippen LogP contribution >= 0.6 is 11.6 Å². The highest BCUT2D eigenvalue weighted by molar-refractivity contribution is 6.32. The summed E-state index contributed by atoms with van der Waals surface area (Å²) in [4.78, 5) is 1.55. The zero-order chi connectivity index (χ0) is 17.2. The van der Waals surface area contributed by atoms with Gasteiger partial charge in [-0.05, 0) is 29.8 Å². The maximum absolute atomic E-state index is 6.49. The number of tetrazole rings is 1. The van der Waals surface area contributed by atoms with Gasteiger partial charge in [0.25, 0.3) is 0 Å². The summed E-state index contributed by atoms with van der Waals surface area (Å²) < 4.78 is 1.66. The van der Waals surface area contributed by atoms with Gasteiger partial charge in [0.2, 0.25) is 5.82 Å². The van der Waals surface area contributed by atoms with Gasteiger partial charge in [0.05, 0.1) is 24.0 Å². The fraction of sp³-hybridized carbons (Fsp3) is 0.111. The zero-order valence-corrected chi connectivity index (χ0v) is 14.3. The summed E-state index contributed by atoms with van der Waals surface area (Å²) in [6, 6.07) is 17.9. The number of halogens is 1. The summed E-state index contributed by atoms with van der Waals surface area (Å²) in [6.07, 6.45) is 1.66. The van der Waals surface area contributed by atoms with Crippen molar-refractivity contribution in [2.24, 2.45) is 0 Å². The molecule has 4 aromatic rings. The molecule has 2 aromatic carbocycles. The first-order valence-electron chi connectivity index (χ1n) is 7.83. The molecule has 0 unspecified atom stereocenters. The first-order chi connectivity index (χ1) is 12.2. The van der Waals surface area contributed by atoms with E-state index in [9.17, 15) is 0 Å². The van der Waals surface area contributed by atoms with Crippen molar-refractivity contribution in [1.82, 2.24) is 30.0 Å². The number of nitrogens with zero attached hydrogens (tertiary/aromatic N) is 6. The van der Waals surface area contributed by atoms with Crippen molar-refractivity contribution in [2.45, 2.75) is 13.5 Å². The molecule has 0 spiro atoms. The van der Waals surface area contributed by atoms with Gasteiger partial charge >= 0.3 is 0 Å². The van der Waals surface area contributed by atoms with Gasteiger partial charge in [-0.3, -0.25) is 0 Å². The number of hydrogen-bond acceptors (Lipinski definition) is 4.